The number of aryl methyl sites for hydroxylation is 1. The van der Waals surface area contributed by atoms with Crippen LogP contribution >= 0.6 is 0 Å². The first-order chi connectivity index (χ1) is 7.29. The van der Waals surface area contributed by atoms with E-state index in [1.54, 1.807) is 0 Å². The van der Waals surface area contributed by atoms with Crippen molar-refractivity contribution < 1.29 is 0 Å². The van der Waals surface area contributed by atoms with E-state index in [4.69, 9.17) is 5.73 Å². The highest BCUT2D eigenvalue weighted by atomic mass is 14.9. The number of aromatic nitrogens is 1. The predicted molar refractivity (Wildman–Crippen MR) is 63.8 cm³/mol. The van der Waals surface area contributed by atoms with Gasteiger partial charge in [0, 0.05) is 30.8 Å². The van der Waals surface area contributed by atoms with Crippen molar-refractivity contribution in [2.24, 2.45) is 5.73 Å². The third-order valence-electron chi connectivity index (χ3n) is 2.47. The molecule has 0 atom stereocenters. The minimum atomic E-state index is 0.686. The molecule has 0 fully saturated rings. The number of nitrogens with two attached hydrogens (primary N) is 1. The molecule has 0 spiro atoms. The smallest absolute Gasteiger partial charge is 0.0456 e. The molecule has 1 aromatic heterocycles. The molecule has 3 nitrogen and oxygen atoms in total. The van der Waals surface area contributed by atoms with E-state index in [1.807, 2.05) is 0 Å². The van der Waals surface area contributed by atoms with Crippen LogP contribution in [0, 0.1) is 6.92 Å². The summed E-state index contributed by atoms with van der Waals surface area (Å²) in [7, 11) is 0. The number of H-pyrrole nitrogens is 1. The first-order valence-corrected chi connectivity index (χ1v) is 5.28. The third-order valence-corrected chi connectivity index (χ3v) is 2.47. The van der Waals surface area contributed by atoms with Gasteiger partial charge in [-0.2, -0.15) is 0 Å². The van der Waals surface area contributed by atoms with E-state index in [1.165, 1.54) is 22.2 Å². The minimum Gasteiger partial charge on any atom is -0.359 e. The average molecular weight is 203 g/mol. The van der Waals surface area contributed by atoms with Crippen molar-refractivity contribution in [3.05, 3.63) is 35.5 Å². The lowest BCUT2D eigenvalue weighted by Crippen LogP contribution is -2.21. The van der Waals surface area contributed by atoms with Gasteiger partial charge in [0.15, 0.2) is 0 Å². The number of hydrogen-bond acceptors (Lipinski definition) is 2. The van der Waals surface area contributed by atoms with Gasteiger partial charge in [-0.05, 0) is 36.1 Å². The summed E-state index contributed by atoms with van der Waals surface area (Å²) in [6.07, 6.45) is 0. The maximum atomic E-state index is 5.42. The van der Waals surface area contributed by atoms with Crippen LogP contribution in [0.25, 0.3) is 10.9 Å². The van der Waals surface area contributed by atoms with Gasteiger partial charge in [-0.15, -0.1) is 0 Å². The van der Waals surface area contributed by atoms with E-state index in [0.717, 1.165) is 13.1 Å². The molecule has 0 radical (unpaired) electrons. The lowest BCUT2D eigenvalue weighted by molar-refractivity contribution is 0.695. The summed E-state index contributed by atoms with van der Waals surface area (Å²) in [6, 6.07) is 8.65. The molecule has 0 saturated carbocycles. The van der Waals surface area contributed by atoms with Crippen molar-refractivity contribution in [1.82, 2.24) is 10.3 Å². The van der Waals surface area contributed by atoms with E-state index in [9.17, 15) is 0 Å². The number of nitrogens with one attached hydrogen (secondary N) is 2. The average Bonchev–Trinajstić information content (AvgIpc) is 2.57. The van der Waals surface area contributed by atoms with Gasteiger partial charge in [0.25, 0.3) is 0 Å². The second-order valence-corrected chi connectivity index (χ2v) is 3.84. The van der Waals surface area contributed by atoms with E-state index in [2.05, 4.69) is 41.5 Å². The summed E-state index contributed by atoms with van der Waals surface area (Å²) < 4.78 is 0. The maximum Gasteiger partial charge on any atom is 0.0456 e. The van der Waals surface area contributed by atoms with Gasteiger partial charge < -0.3 is 16.0 Å². The predicted octanol–water partition coefficient (Wildman–Crippen LogP) is 1.52. The van der Waals surface area contributed by atoms with Crippen LogP contribution in [-0.2, 0) is 6.54 Å². The van der Waals surface area contributed by atoms with Gasteiger partial charge in [-0.1, -0.05) is 6.07 Å². The zero-order valence-electron chi connectivity index (χ0n) is 9.01. The van der Waals surface area contributed by atoms with Crippen molar-refractivity contribution in [3.8, 4) is 0 Å². The fraction of sp³-hybridized carbons (Fsp3) is 0.333. The van der Waals surface area contributed by atoms with Crippen LogP contribution in [0.2, 0.25) is 0 Å². The zero-order valence-corrected chi connectivity index (χ0v) is 9.01. The normalized spacial score (nSPS) is 11.1. The van der Waals surface area contributed by atoms with Crippen LogP contribution < -0.4 is 11.1 Å². The molecular formula is C12H17N3. The highest BCUT2D eigenvalue weighted by Crippen LogP contribution is 2.16. The minimum absolute atomic E-state index is 0.686. The Balaban J connectivity index is 2.15. The molecule has 2 rings (SSSR count). The fourth-order valence-corrected chi connectivity index (χ4v) is 1.77. The molecule has 0 bridgehead atoms. The summed E-state index contributed by atoms with van der Waals surface area (Å²) in [4.78, 5) is 3.31. The number of fused-ring (bicyclic) bond motifs is 1. The molecule has 4 N–H and O–H groups in total. The number of hydrogen-bond donors (Lipinski definition) is 3. The van der Waals surface area contributed by atoms with Crippen LogP contribution in [0.1, 0.15) is 11.3 Å². The third kappa shape index (κ3) is 2.37. The van der Waals surface area contributed by atoms with E-state index in [0.29, 0.717) is 6.54 Å². The molecule has 0 aliphatic carbocycles. The second-order valence-electron chi connectivity index (χ2n) is 3.84. The molecule has 1 heterocycles. The lowest BCUT2D eigenvalue weighted by Gasteiger charge is -2.02. The summed E-state index contributed by atoms with van der Waals surface area (Å²) in [5, 5.41) is 4.57. The number of aromatic amines is 1. The highest BCUT2D eigenvalue weighted by molar-refractivity contribution is 5.81. The molecule has 0 amide bonds. The SMILES string of the molecule is Cc1cc2cc(CNCCN)ccc2[nH]1. The molecule has 0 saturated heterocycles. The van der Waals surface area contributed by atoms with Crippen LogP contribution in [0.3, 0.4) is 0 Å². The van der Waals surface area contributed by atoms with Gasteiger partial charge in [0.1, 0.15) is 0 Å². The Morgan fingerprint density at radius 2 is 2.20 bits per heavy atom. The first-order valence-electron chi connectivity index (χ1n) is 5.28. The van der Waals surface area contributed by atoms with Crippen molar-refractivity contribution in [2.45, 2.75) is 13.5 Å². The van der Waals surface area contributed by atoms with Gasteiger partial charge in [-0.25, -0.2) is 0 Å². The Bertz CT molecular complexity index is 445. The molecule has 80 valence electrons. The first kappa shape index (κ1) is 10.2. The Labute approximate surface area is 89.7 Å². The van der Waals surface area contributed by atoms with Crippen LogP contribution in [0.5, 0.6) is 0 Å². The van der Waals surface area contributed by atoms with Crippen LogP contribution in [0.15, 0.2) is 24.3 Å². The van der Waals surface area contributed by atoms with Gasteiger partial charge in [0.05, 0.1) is 0 Å². The summed E-state index contributed by atoms with van der Waals surface area (Å²) >= 11 is 0. The summed E-state index contributed by atoms with van der Waals surface area (Å²) in [5.41, 5.74) is 9.13. The Kier molecular flexibility index (Phi) is 3.04. The molecule has 0 aliphatic rings. The fourth-order valence-electron chi connectivity index (χ4n) is 1.77. The molecular weight excluding hydrogens is 186 g/mol. The molecule has 0 unspecified atom stereocenters. The van der Waals surface area contributed by atoms with Gasteiger partial charge >= 0.3 is 0 Å². The molecule has 2 aromatic rings. The zero-order chi connectivity index (χ0) is 10.7. The Hall–Kier alpha value is -1.32. The lowest BCUT2D eigenvalue weighted by atomic mass is 10.1. The van der Waals surface area contributed by atoms with Crippen molar-refractivity contribution in [3.63, 3.8) is 0 Å². The topological polar surface area (TPSA) is 53.8 Å². The van der Waals surface area contributed by atoms with Crippen LogP contribution in [0.4, 0.5) is 0 Å². The monoisotopic (exact) mass is 203 g/mol. The van der Waals surface area contributed by atoms with Crippen molar-refractivity contribution in [2.75, 3.05) is 13.1 Å². The summed E-state index contributed by atoms with van der Waals surface area (Å²) in [6.45, 7) is 4.51. The molecule has 15 heavy (non-hydrogen) atoms. The largest absolute Gasteiger partial charge is 0.359 e. The second kappa shape index (κ2) is 4.47. The number of benzene rings is 1. The van der Waals surface area contributed by atoms with Crippen molar-refractivity contribution >= 4 is 10.9 Å². The Morgan fingerprint density at radius 1 is 1.33 bits per heavy atom. The quantitative estimate of drug-likeness (QED) is 0.660. The maximum absolute atomic E-state index is 5.42. The van der Waals surface area contributed by atoms with Gasteiger partial charge in [0.2, 0.25) is 0 Å². The van der Waals surface area contributed by atoms with Gasteiger partial charge in [-0.3, -0.25) is 0 Å². The highest BCUT2D eigenvalue weighted by Gasteiger charge is 1.98. The Morgan fingerprint density at radius 3 is 3.00 bits per heavy atom. The van der Waals surface area contributed by atoms with Crippen molar-refractivity contribution in [1.29, 1.82) is 0 Å². The molecule has 0 aliphatic heterocycles. The van der Waals surface area contributed by atoms with E-state index in [-0.39, 0.29) is 0 Å². The molecule has 1 aromatic carbocycles. The summed E-state index contributed by atoms with van der Waals surface area (Å²) in [5.74, 6) is 0. The number of rotatable bonds is 4. The van der Waals surface area contributed by atoms with Crippen LogP contribution in [-0.4, -0.2) is 18.1 Å². The standard InChI is InChI=1S/C12H17N3/c1-9-6-11-7-10(8-14-5-4-13)2-3-12(11)15-9/h2-3,6-7,14-15H,4-5,8,13H2,1H3. The van der Waals surface area contributed by atoms with E-state index < -0.39 is 0 Å². The molecule has 3 heteroatoms. The van der Waals surface area contributed by atoms with E-state index >= 15 is 0 Å².